The molecular weight excluding hydrogens is 326 g/mol. The fraction of sp³-hybridized carbons (Fsp3) is 0.389. The van der Waals surface area contributed by atoms with Gasteiger partial charge in [0.25, 0.3) is 0 Å². The van der Waals surface area contributed by atoms with Gasteiger partial charge in [0.1, 0.15) is 22.8 Å². The third kappa shape index (κ3) is 3.17. The largest absolute Gasteiger partial charge is 0.497 e. The lowest BCUT2D eigenvalue weighted by Gasteiger charge is -2.23. The number of rotatable bonds is 5. The fourth-order valence-electron chi connectivity index (χ4n) is 2.85. The van der Waals surface area contributed by atoms with Crippen molar-refractivity contribution in [2.45, 2.75) is 37.9 Å². The summed E-state index contributed by atoms with van der Waals surface area (Å²) in [6.07, 6.45) is 6.47. The minimum Gasteiger partial charge on any atom is -0.497 e. The Kier molecular flexibility index (Phi) is 4.26. The Morgan fingerprint density at radius 1 is 1.25 bits per heavy atom. The first-order chi connectivity index (χ1) is 11.7. The molecule has 1 fully saturated rings. The van der Waals surface area contributed by atoms with Crippen molar-refractivity contribution in [2.24, 2.45) is 0 Å². The molecule has 1 saturated carbocycles. The van der Waals surface area contributed by atoms with E-state index in [2.05, 4.69) is 4.98 Å². The summed E-state index contributed by atoms with van der Waals surface area (Å²) in [5.41, 5.74) is 1.23. The van der Waals surface area contributed by atoms with Crippen LogP contribution in [-0.2, 0) is 4.74 Å². The summed E-state index contributed by atoms with van der Waals surface area (Å²) in [6, 6.07) is 5.27. The van der Waals surface area contributed by atoms with Crippen molar-refractivity contribution in [1.29, 1.82) is 0 Å². The minimum absolute atomic E-state index is 0.391. The maximum atomic E-state index is 9.56. The first-order valence-corrected chi connectivity index (χ1v) is 8.96. The third-order valence-electron chi connectivity index (χ3n) is 4.44. The highest BCUT2D eigenvalue weighted by Gasteiger charge is 2.22. The Labute approximate surface area is 144 Å². The number of hydrogen-bond acceptors (Lipinski definition) is 6. The molecule has 0 amide bonds. The highest BCUT2D eigenvalue weighted by Crippen LogP contribution is 2.41. The average molecular weight is 345 g/mol. The lowest BCUT2D eigenvalue weighted by atomic mass is 9.85. The van der Waals surface area contributed by atoms with E-state index in [0.29, 0.717) is 30.3 Å². The van der Waals surface area contributed by atoms with Gasteiger partial charge in [-0.15, -0.1) is 11.3 Å². The lowest BCUT2D eigenvalue weighted by molar-refractivity contribution is -0.0425. The second-order valence-corrected chi connectivity index (χ2v) is 7.23. The Morgan fingerprint density at radius 3 is 2.79 bits per heavy atom. The molecule has 1 aromatic heterocycles. The zero-order chi connectivity index (χ0) is 16.5. The number of aliphatic hydroxyl groups is 2. The highest BCUT2D eigenvalue weighted by molar-refractivity contribution is 7.15. The standard InChI is InChI=1S/C18H19NO4S/c20-18(21)13-6-12(7-15(8-13)23-14-4-5-22-10-14)17-19-9-16(24-17)11-2-1-3-11/h6-11,18,20-21H,1-5H2. The van der Waals surface area contributed by atoms with Crippen LogP contribution in [0.5, 0.6) is 5.75 Å². The monoisotopic (exact) mass is 345 g/mol. The number of hydrogen-bond donors (Lipinski definition) is 2. The Bertz CT molecular complexity index is 764. The molecule has 0 bridgehead atoms. The summed E-state index contributed by atoms with van der Waals surface area (Å²) in [7, 11) is 0. The van der Waals surface area contributed by atoms with Crippen LogP contribution in [0.15, 0.2) is 36.4 Å². The van der Waals surface area contributed by atoms with Crippen LogP contribution in [0.25, 0.3) is 10.6 Å². The molecule has 126 valence electrons. The summed E-state index contributed by atoms with van der Waals surface area (Å²) in [6.45, 7) is 0.613. The number of nitrogens with zero attached hydrogens (tertiary/aromatic N) is 1. The summed E-state index contributed by atoms with van der Waals surface area (Å²) >= 11 is 1.67. The van der Waals surface area contributed by atoms with Crippen molar-refractivity contribution in [3.8, 4) is 16.3 Å². The quantitative estimate of drug-likeness (QED) is 0.809. The second-order valence-electron chi connectivity index (χ2n) is 6.17. The Balaban J connectivity index is 1.65. The maximum absolute atomic E-state index is 9.56. The van der Waals surface area contributed by atoms with E-state index < -0.39 is 6.29 Å². The normalized spacial score (nSPS) is 17.5. The van der Waals surface area contributed by atoms with E-state index in [-0.39, 0.29) is 0 Å². The predicted molar refractivity (Wildman–Crippen MR) is 90.6 cm³/mol. The molecule has 2 heterocycles. The molecule has 4 rings (SSSR count). The van der Waals surface area contributed by atoms with E-state index in [9.17, 15) is 10.2 Å². The van der Waals surface area contributed by atoms with E-state index in [1.54, 1.807) is 29.7 Å². The van der Waals surface area contributed by atoms with Crippen molar-refractivity contribution in [1.82, 2.24) is 4.98 Å². The molecule has 5 nitrogen and oxygen atoms in total. The van der Waals surface area contributed by atoms with Crippen LogP contribution in [0.3, 0.4) is 0 Å². The van der Waals surface area contributed by atoms with Gasteiger partial charge in [-0.2, -0.15) is 0 Å². The molecule has 0 radical (unpaired) electrons. The molecule has 1 aromatic carbocycles. The van der Waals surface area contributed by atoms with Crippen molar-refractivity contribution in [3.63, 3.8) is 0 Å². The SMILES string of the molecule is OC(O)c1cc(OC2=COCC2)cc(-c2ncc(C3CCC3)s2)c1. The maximum Gasteiger partial charge on any atom is 0.178 e. The van der Waals surface area contributed by atoms with E-state index in [1.165, 1.54) is 24.1 Å². The number of benzene rings is 1. The zero-order valence-electron chi connectivity index (χ0n) is 13.1. The van der Waals surface area contributed by atoms with Crippen molar-refractivity contribution >= 4 is 11.3 Å². The van der Waals surface area contributed by atoms with Gasteiger partial charge in [-0.25, -0.2) is 4.98 Å². The molecule has 0 saturated heterocycles. The van der Waals surface area contributed by atoms with Crippen LogP contribution < -0.4 is 4.74 Å². The van der Waals surface area contributed by atoms with Crippen molar-refractivity contribution < 1.29 is 19.7 Å². The third-order valence-corrected chi connectivity index (χ3v) is 5.64. The van der Waals surface area contributed by atoms with Gasteiger partial charge in [-0.05, 0) is 37.0 Å². The Morgan fingerprint density at radius 2 is 2.12 bits per heavy atom. The molecule has 0 spiro atoms. The predicted octanol–water partition coefficient (Wildman–Crippen LogP) is 3.70. The smallest absolute Gasteiger partial charge is 0.178 e. The molecule has 0 atom stereocenters. The summed E-state index contributed by atoms with van der Waals surface area (Å²) < 4.78 is 11.0. The van der Waals surface area contributed by atoms with Crippen LogP contribution in [0, 0.1) is 0 Å². The molecule has 6 heteroatoms. The topological polar surface area (TPSA) is 71.8 Å². The van der Waals surface area contributed by atoms with Crippen LogP contribution in [0.1, 0.15) is 48.3 Å². The van der Waals surface area contributed by atoms with E-state index in [0.717, 1.165) is 16.3 Å². The highest BCUT2D eigenvalue weighted by atomic mass is 32.1. The Hall–Kier alpha value is -1.89. The molecule has 1 aliphatic heterocycles. The van der Waals surface area contributed by atoms with Crippen LogP contribution >= 0.6 is 11.3 Å². The van der Waals surface area contributed by atoms with Gasteiger partial charge in [0, 0.05) is 28.6 Å². The zero-order valence-corrected chi connectivity index (χ0v) is 14.0. The average Bonchev–Trinajstić information content (AvgIpc) is 3.17. The molecule has 2 aromatic rings. The minimum atomic E-state index is -1.55. The number of aliphatic hydroxyl groups excluding tert-OH is 1. The van der Waals surface area contributed by atoms with Crippen molar-refractivity contribution in [3.05, 3.63) is 46.9 Å². The number of aromatic nitrogens is 1. The van der Waals surface area contributed by atoms with E-state index in [4.69, 9.17) is 9.47 Å². The summed E-state index contributed by atoms with van der Waals surface area (Å²) in [4.78, 5) is 5.83. The molecular formula is C18H19NO4S. The summed E-state index contributed by atoms with van der Waals surface area (Å²) in [5.74, 6) is 1.94. The van der Waals surface area contributed by atoms with Gasteiger partial charge in [0.2, 0.25) is 0 Å². The first kappa shape index (κ1) is 15.6. The van der Waals surface area contributed by atoms with E-state index in [1.807, 2.05) is 12.3 Å². The number of thiazole rings is 1. The van der Waals surface area contributed by atoms with Gasteiger partial charge in [0.15, 0.2) is 6.29 Å². The number of ether oxygens (including phenoxy) is 2. The van der Waals surface area contributed by atoms with Gasteiger partial charge in [0.05, 0.1) is 6.61 Å². The molecule has 24 heavy (non-hydrogen) atoms. The lowest BCUT2D eigenvalue weighted by Crippen LogP contribution is -2.06. The van der Waals surface area contributed by atoms with E-state index >= 15 is 0 Å². The van der Waals surface area contributed by atoms with Gasteiger partial charge in [-0.1, -0.05) is 6.42 Å². The van der Waals surface area contributed by atoms with Gasteiger partial charge < -0.3 is 19.7 Å². The first-order valence-electron chi connectivity index (χ1n) is 8.15. The van der Waals surface area contributed by atoms with Crippen LogP contribution in [-0.4, -0.2) is 21.8 Å². The van der Waals surface area contributed by atoms with Crippen molar-refractivity contribution in [2.75, 3.05) is 6.61 Å². The fourth-order valence-corrected chi connectivity index (χ4v) is 3.92. The molecule has 1 aliphatic carbocycles. The van der Waals surface area contributed by atoms with Gasteiger partial charge in [-0.3, -0.25) is 0 Å². The molecule has 2 N–H and O–H groups in total. The van der Waals surface area contributed by atoms with Crippen LogP contribution in [0.2, 0.25) is 0 Å². The van der Waals surface area contributed by atoms with Gasteiger partial charge >= 0.3 is 0 Å². The molecule has 2 aliphatic rings. The van der Waals surface area contributed by atoms with Crippen LogP contribution in [0.4, 0.5) is 0 Å². The molecule has 0 unspecified atom stereocenters. The second kappa shape index (κ2) is 6.55. The summed E-state index contributed by atoms with van der Waals surface area (Å²) in [5, 5.41) is 20.0.